The molecular weight excluding hydrogens is 274 g/mol. The van der Waals surface area contributed by atoms with Gasteiger partial charge in [-0.1, -0.05) is 12.1 Å². The topological polar surface area (TPSA) is 74.6 Å². The standard InChI is InChI=1S/C12H8O4.Zn/c13-11(14)8-3-1-7-2-4-9(12(15)16)6-10(7)5-8;/h1-6H,(H,13,14)(H,15,16);. The number of hydrogen-bond acceptors (Lipinski definition) is 2. The third kappa shape index (κ3) is 2.69. The molecule has 2 rings (SSSR count). The molecule has 0 saturated carbocycles. The molecule has 0 amide bonds. The number of hydrogen-bond donors (Lipinski definition) is 2. The monoisotopic (exact) mass is 280 g/mol. The van der Waals surface area contributed by atoms with Gasteiger partial charge in [0, 0.05) is 19.5 Å². The van der Waals surface area contributed by atoms with Crippen molar-refractivity contribution >= 4 is 22.7 Å². The molecule has 0 heterocycles. The van der Waals surface area contributed by atoms with Crippen molar-refractivity contribution in [3.05, 3.63) is 47.5 Å². The van der Waals surface area contributed by atoms with Crippen molar-refractivity contribution < 1.29 is 39.3 Å². The molecule has 2 aromatic carbocycles. The fourth-order valence-corrected chi connectivity index (χ4v) is 1.51. The van der Waals surface area contributed by atoms with E-state index < -0.39 is 11.9 Å². The zero-order valence-electron chi connectivity index (χ0n) is 8.88. The van der Waals surface area contributed by atoms with Gasteiger partial charge in [0.2, 0.25) is 0 Å². The van der Waals surface area contributed by atoms with Crippen molar-refractivity contribution in [1.82, 2.24) is 0 Å². The molecule has 0 bridgehead atoms. The Bertz CT molecular complexity index is 543. The molecule has 0 aliphatic rings. The average molecular weight is 282 g/mol. The molecule has 0 aliphatic carbocycles. The number of fused-ring (bicyclic) bond motifs is 1. The van der Waals surface area contributed by atoms with E-state index in [9.17, 15) is 9.59 Å². The van der Waals surface area contributed by atoms with Crippen molar-refractivity contribution in [3.8, 4) is 0 Å². The smallest absolute Gasteiger partial charge is 0.335 e. The van der Waals surface area contributed by atoms with Crippen molar-refractivity contribution in [3.63, 3.8) is 0 Å². The number of carboxylic acids is 2. The molecule has 0 unspecified atom stereocenters. The maximum atomic E-state index is 10.7. The Morgan fingerprint density at radius 1 is 0.765 bits per heavy atom. The Morgan fingerprint density at radius 2 is 1.18 bits per heavy atom. The van der Waals surface area contributed by atoms with E-state index in [1.807, 2.05) is 0 Å². The second-order valence-corrected chi connectivity index (χ2v) is 3.39. The normalized spacial score (nSPS) is 9.65. The van der Waals surface area contributed by atoms with Gasteiger partial charge in [-0.15, -0.1) is 0 Å². The third-order valence-electron chi connectivity index (χ3n) is 2.33. The number of aromatic carboxylic acids is 2. The summed E-state index contributed by atoms with van der Waals surface area (Å²) in [5.41, 5.74) is 0.296. The fourth-order valence-electron chi connectivity index (χ4n) is 1.51. The minimum Gasteiger partial charge on any atom is -0.478 e. The molecule has 2 N–H and O–H groups in total. The zero-order chi connectivity index (χ0) is 11.7. The van der Waals surface area contributed by atoms with Crippen LogP contribution in [0.3, 0.4) is 0 Å². The van der Waals surface area contributed by atoms with E-state index >= 15 is 0 Å². The van der Waals surface area contributed by atoms with Crippen LogP contribution in [0.5, 0.6) is 0 Å². The van der Waals surface area contributed by atoms with Gasteiger partial charge in [-0.2, -0.15) is 0 Å². The van der Waals surface area contributed by atoms with Crippen molar-refractivity contribution in [2.75, 3.05) is 0 Å². The van der Waals surface area contributed by atoms with Crippen LogP contribution in [0.2, 0.25) is 0 Å². The number of carbonyl (C=O) groups is 2. The van der Waals surface area contributed by atoms with Crippen LogP contribution in [0.1, 0.15) is 20.7 Å². The summed E-state index contributed by atoms with van der Waals surface area (Å²) in [6.07, 6.45) is 0. The van der Waals surface area contributed by atoms with Gasteiger partial charge in [0.05, 0.1) is 11.1 Å². The maximum absolute atomic E-state index is 10.7. The van der Waals surface area contributed by atoms with E-state index in [1.54, 1.807) is 12.1 Å². The number of rotatable bonds is 2. The molecular formula is C12H8O4Zn. The number of carboxylic acid groups (broad SMARTS) is 2. The summed E-state index contributed by atoms with van der Waals surface area (Å²) < 4.78 is 0. The van der Waals surface area contributed by atoms with E-state index in [1.165, 1.54) is 24.3 Å². The van der Waals surface area contributed by atoms with Crippen LogP contribution in [0.4, 0.5) is 0 Å². The summed E-state index contributed by atoms with van der Waals surface area (Å²) in [6.45, 7) is 0. The zero-order valence-corrected chi connectivity index (χ0v) is 11.8. The predicted molar refractivity (Wildman–Crippen MR) is 57.9 cm³/mol. The molecule has 0 saturated heterocycles. The molecule has 0 aromatic heterocycles. The first kappa shape index (κ1) is 13.3. The van der Waals surface area contributed by atoms with Gasteiger partial charge in [0.25, 0.3) is 0 Å². The molecule has 17 heavy (non-hydrogen) atoms. The van der Waals surface area contributed by atoms with Crippen molar-refractivity contribution in [2.24, 2.45) is 0 Å². The molecule has 0 radical (unpaired) electrons. The minimum atomic E-state index is -1.03. The molecule has 2 aromatic rings. The Kier molecular flexibility index (Phi) is 3.97. The van der Waals surface area contributed by atoms with Crippen molar-refractivity contribution in [2.45, 2.75) is 0 Å². The molecule has 0 atom stereocenters. The van der Waals surface area contributed by atoms with Gasteiger partial charge in [0.15, 0.2) is 0 Å². The first-order valence-electron chi connectivity index (χ1n) is 4.58. The maximum Gasteiger partial charge on any atom is 0.335 e. The van der Waals surface area contributed by atoms with Crippen LogP contribution in [0, 0.1) is 0 Å². The van der Waals surface area contributed by atoms with Gasteiger partial charge in [-0.3, -0.25) is 0 Å². The summed E-state index contributed by atoms with van der Waals surface area (Å²) in [7, 11) is 0. The van der Waals surface area contributed by atoms with E-state index in [0.717, 1.165) is 5.39 Å². The Balaban J connectivity index is 0.00000144. The molecule has 0 spiro atoms. The van der Waals surface area contributed by atoms with Gasteiger partial charge in [-0.05, 0) is 35.0 Å². The molecule has 4 nitrogen and oxygen atoms in total. The van der Waals surface area contributed by atoms with E-state index in [-0.39, 0.29) is 30.6 Å². The molecule has 0 aliphatic heterocycles. The second kappa shape index (κ2) is 5.06. The molecule has 5 heteroatoms. The van der Waals surface area contributed by atoms with Gasteiger partial charge >= 0.3 is 11.9 Å². The number of benzene rings is 2. The van der Waals surface area contributed by atoms with E-state index in [0.29, 0.717) is 5.39 Å². The van der Waals surface area contributed by atoms with Gasteiger partial charge in [0.1, 0.15) is 0 Å². The average Bonchev–Trinajstić information content (AvgIpc) is 2.27. The van der Waals surface area contributed by atoms with Crippen LogP contribution in [-0.4, -0.2) is 22.2 Å². The predicted octanol–water partition coefficient (Wildman–Crippen LogP) is 2.23. The second-order valence-electron chi connectivity index (χ2n) is 3.39. The Labute approximate surface area is 110 Å². The fraction of sp³-hybridized carbons (Fsp3) is 0. The van der Waals surface area contributed by atoms with E-state index in [4.69, 9.17) is 10.2 Å². The molecule has 0 fully saturated rings. The first-order chi connectivity index (χ1) is 7.58. The summed E-state index contributed by atoms with van der Waals surface area (Å²) in [6, 6.07) is 9.22. The third-order valence-corrected chi connectivity index (χ3v) is 2.33. The van der Waals surface area contributed by atoms with Crippen LogP contribution in [-0.2, 0) is 19.5 Å². The Morgan fingerprint density at radius 3 is 1.53 bits per heavy atom. The molecule has 82 valence electrons. The SMILES string of the molecule is O=C(O)c1ccc2ccc(C(=O)O)cc2c1.[Zn]. The summed E-state index contributed by atoms with van der Waals surface area (Å²) in [4.78, 5) is 21.5. The van der Waals surface area contributed by atoms with Crippen LogP contribution >= 0.6 is 0 Å². The van der Waals surface area contributed by atoms with E-state index in [2.05, 4.69) is 0 Å². The summed E-state index contributed by atoms with van der Waals surface area (Å²) in [5, 5.41) is 19.0. The minimum absolute atomic E-state index is 0. The quantitative estimate of drug-likeness (QED) is 0.828. The van der Waals surface area contributed by atoms with Crippen LogP contribution < -0.4 is 0 Å². The Hall–Kier alpha value is -1.74. The first-order valence-corrected chi connectivity index (χ1v) is 4.58. The van der Waals surface area contributed by atoms with Crippen molar-refractivity contribution in [1.29, 1.82) is 0 Å². The largest absolute Gasteiger partial charge is 0.478 e. The summed E-state index contributed by atoms with van der Waals surface area (Å²) >= 11 is 0. The van der Waals surface area contributed by atoms with Gasteiger partial charge in [-0.25, -0.2) is 9.59 Å². The van der Waals surface area contributed by atoms with Crippen LogP contribution in [0.15, 0.2) is 36.4 Å². The van der Waals surface area contributed by atoms with Crippen LogP contribution in [0.25, 0.3) is 10.8 Å². The summed E-state index contributed by atoms with van der Waals surface area (Å²) in [5.74, 6) is -2.05. The van der Waals surface area contributed by atoms with Gasteiger partial charge < -0.3 is 10.2 Å².